The minimum Gasteiger partial charge on any atom is -0.362 e. The smallest absolute Gasteiger partial charge is 0.362 e. The van der Waals surface area contributed by atoms with Gasteiger partial charge in [0.25, 0.3) is 11.6 Å². The van der Waals surface area contributed by atoms with E-state index in [1.54, 1.807) is 13.0 Å². The summed E-state index contributed by atoms with van der Waals surface area (Å²) in [6, 6.07) is 4.21. The maximum absolute atomic E-state index is 13.6. The fraction of sp³-hybridized carbons (Fsp3) is 0.500. The van der Waals surface area contributed by atoms with Crippen molar-refractivity contribution in [2.45, 2.75) is 44.5 Å². The van der Waals surface area contributed by atoms with Gasteiger partial charge in [-0.25, -0.2) is 0 Å². The second-order valence-corrected chi connectivity index (χ2v) is 6.60. The molecule has 1 aliphatic heterocycles. The third-order valence-corrected chi connectivity index (χ3v) is 5.05. The van der Waals surface area contributed by atoms with Gasteiger partial charge in [0.15, 0.2) is 0 Å². The number of hydrogen-bond donors (Lipinski definition) is 1. The predicted molar refractivity (Wildman–Crippen MR) is 82.8 cm³/mol. The van der Waals surface area contributed by atoms with E-state index < -0.39 is 23.7 Å². The van der Waals surface area contributed by atoms with Crippen molar-refractivity contribution in [3.05, 3.63) is 34.3 Å². The number of hydrazone groups is 1. The Hall–Kier alpha value is -1.60. The highest BCUT2D eigenvalue weighted by Crippen LogP contribution is 2.48. The molecule has 1 saturated carbocycles. The van der Waals surface area contributed by atoms with Crippen molar-refractivity contribution >= 4 is 23.2 Å². The molecule has 1 fully saturated rings. The van der Waals surface area contributed by atoms with Gasteiger partial charge in [-0.1, -0.05) is 24.1 Å². The molecule has 130 valence electrons. The van der Waals surface area contributed by atoms with E-state index in [-0.39, 0.29) is 27.7 Å². The van der Waals surface area contributed by atoms with Gasteiger partial charge in [0.05, 0.1) is 5.92 Å². The lowest BCUT2D eigenvalue weighted by molar-refractivity contribution is -0.312. The summed E-state index contributed by atoms with van der Waals surface area (Å²) in [6.45, 7) is 1.72. The number of aliphatic hydroxyl groups is 1. The van der Waals surface area contributed by atoms with E-state index in [4.69, 9.17) is 11.6 Å². The first-order valence-corrected chi connectivity index (χ1v) is 8.01. The molecular formula is C16H16ClF3N2O2. The molecule has 1 amide bonds. The maximum Gasteiger partial charge on any atom is 0.439 e. The first-order valence-electron chi connectivity index (χ1n) is 7.63. The van der Waals surface area contributed by atoms with Crippen LogP contribution in [-0.2, 0) is 0 Å². The number of benzene rings is 1. The first kappa shape index (κ1) is 17.2. The van der Waals surface area contributed by atoms with E-state index in [2.05, 4.69) is 5.10 Å². The molecule has 4 nitrogen and oxygen atoms in total. The average molecular weight is 361 g/mol. The summed E-state index contributed by atoms with van der Waals surface area (Å²) in [5, 5.41) is 14.8. The fourth-order valence-electron chi connectivity index (χ4n) is 3.27. The number of alkyl halides is 3. The zero-order valence-electron chi connectivity index (χ0n) is 12.9. The Bertz CT molecular complexity index is 720. The molecule has 0 aromatic heterocycles. The van der Waals surface area contributed by atoms with Crippen LogP contribution in [-0.4, -0.2) is 33.6 Å². The highest BCUT2D eigenvalue weighted by Gasteiger charge is 2.68. The Kier molecular flexibility index (Phi) is 4.12. The number of amides is 1. The number of carbonyl (C=O) groups is 1. The normalized spacial score (nSPS) is 27.0. The third-order valence-electron chi connectivity index (χ3n) is 4.64. The largest absolute Gasteiger partial charge is 0.439 e. The second-order valence-electron chi connectivity index (χ2n) is 6.19. The molecule has 0 bridgehead atoms. The Balaban J connectivity index is 2.05. The molecule has 3 rings (SSSR count). The number of aryl methyl sites for hydroxylation is 1. The molecular weight excluding hydrogens is 345 g/mol. The van der Waals surface area contributed by atoms with Crippen LogP contribution in [0.4, 0.5) is 13.2 Å². The summed E-state index contributed by atoms with van der Waals surface area (Å²) < 4.78 is 40.9. The summed E-state index contributed by atoms with van der Waals surface area (Å²) >= 11 is 5.96. The lowest BCUT2D eigenvalue weighted by Crippen LogP contribution is -2.61. The molecule has 1 N–H and O–H groups in total. The highest BCUT2D eigenvalue weighted by molar-refractivity contribution is 6.31. The summed E-state index contributed by atoms with van der Waals surface area (Å²) in [5.74, 6) is -2.23. The van der Waals surface area contributed by atoms with Crippen LogP contribution in [0.25, 0.3) is 0 Å². The van der Waals surface area contributed by atoms with Crippen LogP contribution in [0.5, 0.6) is 0 Å². The van der Waals surface area contributed by atoms with Crippen LogP contribution in [0.2, 0.25) is 5.02 Å². The minimum absolute atomic E-state index is 0.0451. The van der Waals surface area contributed by atoms with Crippen molar-refractivity contribution in [2.75, 3.05) is 0 Å². The highest BCUT2D eigenvalue weighted by atomic mass is 35.5. The van der Waals surface area contributed by atoms with E-state index in [1.807, 2.05) is 0 Å². The zero-order valence-corrected chi connectivity index (χ0v) is 13.7. The van der Waals surface area contributed by atoms with Crippen LogP contribution in [0.15, 0.2) is 23.3 Å². The van der Waals surface area contributed by atoms with Crippen molar-refractivity contribution < 1.29 is 23.1 Å². The topological polar surface area (TPSA) is 52.9 Å². The predicted octanol–water partition coefficient (Wildman–Crippen LogP) is 3.90. The van der Waals surface area contributed by atoms with Gasteiger partial charge >= 0.3 is 6.18 Å². The number of fused-ring (bicyclic) bond motifs is 1. The lowest BCUT2D eigenvalue weighted by Gasteiger charge is -2.38. The second kappa shape index (κ2) is 5.74. The van der Waals surface area contributed by atoms with Crippen LogP contribution >= 0.6 is 11.6 Å². The Morgan fingerprint density at radius 3 is 2.75 bits per heavy atom. The number of rotatable bonds is 1. The molecule has 1 heterocycles. The van der Waals surface area contributed by atoms with E-state index in [0.717, 1.165) is 0 Å². The lowest BCUT2D eigenvalue weighted by atomic mass is 9.80. The van der Waals surface area contributed by atoms with Gasteiger partial charge in [0.1, 0.15) is 0 Å². The van der Waals surface area contributed by atoms with Crippen molar-refractivity contribution in [1.29, 1.82) is 0 Å². The third kappa shape index (κ3) is 2.50. The number of hydrogen-bond acceptors (Lipinski definition) is 3. The Morgan fingerprint density at radius 1 is 1.42 bits per heavy atom. The fourth-order valence-corrected chi connectivity index (χ4v) is 3.45. The molecule has 24 heavy (non-hydrogen) atoms. The molecule has 1 aromatic rings. The maximum atomic E-state index is 13.6. The molecule has 1 aromatic carbocycles. The van der Waals surface area contributed by atoms with Gasteiger partial charge in [0.2, 0.25) is 0 Å². The van der Waals surface area contributed by atoms with Crippen molar-refractivity contribution in [3.8, 4) is 0 Å². The number of nitrogens with zero attached hydrogens (tertiary/aromatic N) is 2. The van der Waals surface area contributed by atoms with Crippen LogP contribution in [0.1, 0.15) is 41.6 Å². The number of carbonyl (C=O) groups excluding carboxylic acids is 1. The molecule has 1 aliphatic carbocycles. The van der Waals surface area contributed by atoms with Crippen LogP contribution in [0.3, 0.4) is 0 Å². The van der Waals surface area contributed by atoms with E-state index in [9.17, 15) is 23.1 Å². The molecule has 0 radical (unpaired) electrons. The van der Waals surface area contributed by atoms with Gasteiger partial charge in [-0.3, -0.25) is 4.79 Å². The van der Waals surface area contributed by atoms with E-state index in [0.29, 0.717) is 24.8 Å². The SMILES string of the molecule is Cc1ccc(C(=O)N2N=C3CCCCC3C2(O)C(F)(F)F)cc1Cl. The summed E-state index contributed by atoms with van der Waals surface area (Å²) in [4.78, 5) is 12.6. The van der Waals surface area contributed by atoms with Crippen LogP contribution in [0, 0.1) is 12.8 Å². The Morgan fingerprint density at radius 2 is 2.12 bits per heavy atom. The molecule has 2 unspecified atom stereocenters. The van der Waals surface area contributed by atoms with Gasteiger partial charge in [-0.15, -0.1) is 0 Å². The number of halogens is 4. The van der Waals surface area contributed by atoms with Gasteiger partial charge in [-0.05, 0) is 43.9 Å². The van der Waals surface area contributed by atoms with Crippen molar-refractivity contribution in [1.82, 2.24) is 5.01 Å². The molecule has 2 atom stereocenters. The zero-order chi connectivity index (χ0) is 17.7. The molecule has 0 spiro atoms. The van der Waals surface area contributed by atoms with Crippen molar-refractivity contribution in [3.63, 3.8) is 0 Å². The monoisotopic (exact) mass is 360 g/mol. The standard InChI is InChI=1S/C16H16ClF3N2O2/c1-9-6-7-10(8-12(9)17)14(23)22-15(24,16(18,19)20)11-4-2-3-5-13(11)21-22/h6-8,11,24H,2-5H2,1H3. The van der Waals surface area contributed by atoms with Crippen molar-refractivity contribution in [2.24, 2.45) is 11.0 Å². The molecule has 2 aliphatic rings. The average Bonchev–Trinajstić information content (AvgIpc) is 2.84. The van der Waals surface area contributed by atoms with E-state index in [1.165, 1.54) is 12.1 Å². The molecule has 0 saturated heterocycles. The summed E-state index contributed by atoms with van der Waals surface area (Å²) in [6.07, 6.45) is -3.26. The quantitative estimate of drug-likeness (QED) is 0.825. The van der Waals surface area contributed by atoms with Crippen LogP contribution < -0.4 is 0 Å². The van der Waals surface area contributed by atoms with Gasteiger partial charge in [-0.2, -0.15) is 23.3 Å². The minimum atomic E-state index is -5.01. The summed E-state index contributed by atoms with van der Waals surface area (Å²) in [7, 11) is 0. The molecule has 8 heteroatoms. The first-order chi connectivity index (χ1) is 11.2. The van der Waals surface area contributed by atoms with E-state index >= 15 is 0 Å². The van der Waals surface area contributed by atoms with Gasteiger partial charge in [0, 0.05) is 16.3 Å². The van der Waals surface area contributed by atoms with Gasteiger partial charge < -0.3 is 5.11 Å². The summed E-state index contributed by atoms with van der Waals surface area (Å²) in [5.41, 5.74) is -2.43. The Labute approximate surface area is 141 Å².